The van der Waals surface area contributed by atoms with Gasteiger partial charge in [0.15, 0.2) is 11.6 Å². The minimum Gasteiger partial charge on any atom is -0.457 e. The van der Waals surface area contributed by atoms with E-state index in [2.05, 4.69) is 170 Å². The van der Waals surface area contributed by atoms with Crippen LogP contribution in [-0.2, 0) is 10.8 Å². The first-order valence-corrected chi connectivity index (χ1v) is 21.8. The summed E-state index contributed by atoms with van der Waals surface area (Å²) in [5, 5.41) is 0. The Kier molecular flexibility index (Phi) is 7.37. The van der Waals surface area contributed by atoms with Crippen LogP contribution >= 0.6 is 0 Å². The van der Waals surface area contributed by atoms with E-state index in [1.165, 1.54) is 83.0 Å². The molecule has 0 N–H and O–H groups in total. The first-order chi connectivity index (χ1) is 29.6. The van der Waals surface area contributed by atoms with Gasteiger partial charge in [-0.05, 0) is 125 Å². The summed E-state index contributed by atoms with van der Waals surface area (Å²) in [6.07, 6.45) is 7.75. The monoisotopic (exact) mass is 773 g/mol. The van der Waals surface area contributed by atoms with Crippen LogP contribution in [0.4, 0.5) is 0 Å². The molecule has 0 unspecified atom stereocenters. The maximum absolute atomic E-state index is 6.72. The standard InChI is InChI=1S/C56H43N3O/c1-2-11-38(12-3-1)41-13-10-14-43(30-41)53-57-52(58-54(59-53)55-32-35-27-36(33-55)29-37(28-35)34-55)40-23-21-39(22-24-40)42-25-26-51-49(31-42)56(48-19-8-9-20-50(48)60-51)46-17-6-4-15-44(46)45-16-5-7-18-47(45)56/h1-26,30-31,35-37H,27-29,32-34H2/t35-,36+,37?,55?. The van der Waals surface area contributed by atoms with Crippen LogP contribution in [0, 0.1) is 17.8 Å². The van der Waals surface area contributed by atoms with Gasteiger partial charge in [0.1, 0.15) is 17.3 Å². The molecule has 2 heterocycles. The van der Waals surface area contributed by atoms with Crippen molar-refractivity contribution in [1.82, 2.24) is 15.0 Å². The van der Waals surface area contributed by atoms with Crippen LogP contribution in [0.5, 0.6) is 11.5 Å². The number of rotatable bonds is 5. The Morgan fingerprint density at radius 3 is 1.58 bits per heavy atom. The summed E-state index contributed by atoms with van der Waals surface area (Å²) < 4.78 is 6.72. The van der Waals surface area contributed by atoms with E-state index in [0.29, 0.717) is 0 Å². The first kappa shape index (κ1) is 34.2. The van der Waals surface area contributed by atoms with Crippen molar-refractivity contribution in [3.63, 3.8) is 0 Å². The second kappa shape index (κ2) is 12.9. The van der Waals surface area contributed by atoms with E-state index >= 15 is 0 Å². The fourth-order valence-electron chi connectivity index (χ4n) is 12.6. The Morgan fingerprint density at radius 1 is 0.383 bits per heavy atom. The van der Waals surface area contributed by atoms with E-state index in [4.69, 9.17) is 19.7 Å². The zero-order chi connectivity index (χ0) is 39.4. The van der Waals surface area contributed by atoms with E-state index in [0.717, 1.165) is 69.0 Å². The van der Waals surface area contributed by atoms with Crippen molar-refractivity contribution in [2.45, 2.75) is 49.4 Å². The highest BCUT2D eigenvalue weighted by Crippen LogP contribution is 2.63. The first-order valence-electron chi connectivity index (χ1n) is 21.8. The van der Waals surface area contributed by atoms with Gasteiger partial charge in [-0.3, -0.25) is 0 Å². The lowest BCUT2D eigenvalue weighted by atomic mass is 9.49. The van der Waals surface area contributed by atoms with Crippen molar-refractivity contribution >= 4 is 0 Å². The summed E-state index contributed by atoms with van der Waals surface area (Å²) in [7, 11) is 0. The molecule has 6 aliphatic rings. The number of hydrogen-bond donors (Lipinski definition) is 0. The largest absolute Gasteiger partial charge is 0.457 e. The lowest BCUT2D eigenvalue weighted by Crippen LogP contribution is -2.49. The minimum atomic E-state index is -0.500. The molecule has 14 rings (SSSR count). The van der Waals surface area contributed by atoms with Gasteiger partial charge in [-0.25, -0.2) is 15.0 Å². The molecular weight excluding hydrogens is 731 g/mol. The topological polar surface area (TPSA) is 47.9 Å². The SMILES string of the molecule is c1ccc(-c2cccc(-c3nc(-c4ccc(-c5ccc6c(c5)C5(c7ccccc7O6)c6ccccc6-c6ccccc65)cc4)nc(C45CC6C[C@H](C4)C[C@@H](C6)C5)n3)c2)cc1. The Bertz CT molecular complexity index is 2920. The van der Waals surface area contributed by atoms with Gasteiger partial charge in [0.05, 0.1) is 5.41 Å². The summed E-state index contributed by atoms with van der Waals surface area (Å²) in [6.45, 7) is 0. The van der Waals surface area contributed by atoms with Crippen LogP contribution in [-0.4, -0.2) is 15.0 Å². The van der Waals surface area contributed by atoms with Crippen molar-refractivity contribution in [3.8, 4) is 67.7 Å². The van der Waals surface area contributed by atoms with Crippen molar-refractivity contribution < 1.29 is 4.74 Å². The lowest BCUT2D eigenvalue weighted by molar-refractivity contribution is -0.00938. The predicted molar refractivity (Wildman–Crippen MR) is 239 cm³/mol. The molecule has 60 heavy (non-hydrogen) atoms. The van der Waals surface area contributed by atoms with E-state index in [1.54, 1.807) is 0 Å². The predicted octanol–water partition coefficient (Wildman–Crippen LogP) is 13.5. The molecule has 0 saturated heterocycles. The Morgan fingerprint density at radius 2 is 0.883 bits per heavy atom. The molecule has 1 spiro atoms. The highest BCUT2D eigenvalue weighted by Gasteiger charge is 2.54. The minimum absolute atomic E-state index is 0.0371. The third-order valence-electron chi connectivity index (χ3n) is 14.7. The van der Waals surface area contributed by atoms with Crippen molar-refractivity contribution in [3.05, 3.63) is 198 Å². The van der Waals surface area contributed by atoms with Gasteiger partial charge in [-0.1, -0.05) is 146 Å². The molecule has 4 heteroatoms. The summed E-state index contributed by atoms with van der Waals surface area (Å²) in [4.78, 5) is 16.1. The maximum atomic E-state index is 6.72. The van der Waals surface area contributed by atoms with Crippen molar-refractivity contribution in [2.75, 3.05) is 0 Å². The number of nitrogens with zero attached hydrogens (tertiary/aromatic N) is 3. The fraction of sp³-hybridized carbons (Fsp3) is 0.196. The molecule has 4 nitrogen and oxygen atoms in total. The number of hydrogen-bond acceptors (Lipinski definition) is 4. The Hall–Kier alpha value is -6.65. The average molecular weight is 774 g/mol. The molecule has 5 aliphatic carbocycles. The molecule has 0 radical (unpaired) electrons. The van der Waals surface area contributed by atoms with Crippen molar-refractivity contribution in [2.24, 2.45) is 17.8 Å². The molecule has 0 amide bonds. The molecule has 0 atom stereocenters. The molecular formula is C56H43N3O. The second-order valence-electron chi connectivity index (χ2n) is 18.2. The molecule has 1 aliphatic heterocycles. The Balaban J connectivity index is 0.927. The zero-order valence-electron chi connectivity index (χ0n) is 33.4. The van der Waals surface area contributed by atoms with Gasteiger partial charge in [0.25, 0.3) is 0 Å². The normalized spacial score (nSPS) is 22.1. The smallest absolute Gasteiger partial charge is 0.163 e. The third-order valence-corrected chi connectivity index (χ3v) is 14.7. The van der Waals surface area contributed by atoms with Crippen LogP contribution in [0.15, 0.2) is 170 Å². The van der Waals surface area contributed by atoms with Gasteiger partial charge >= 0.3 is 0 Å². The summed E-state index contributed by atoms with van der Waals surface area (Å²) in [6, 6.07) is 61.3. The molecule has 4 saturated carbocycles. The Labute approximate surface area is 351 Å². The quantitative estimate of drug-likeness (QED) is 0.175. The summed E-state index contributed by atoms with van der Waals surface area (Å²) in [5.41, 5.74) is 13.7. The number of para-hydroxylation sites is 1. The number of benzene rings is 7. The van der Waals surface area contributed by atoms with E-state index in [-0.39, 0.29) is 5.41 Å². The molecule has 4 bridgehead atoms. The highest BCUT2D eigenvalue weighted by molar-refractivity contribution is 5.89. The zero-order valence-corrected chi connectivity index (χ0v) is 33.4. The van der Waals surface area contributed by atoms with E-state index < -0.39 is 5.41 Å². The van der Waals surface area contributed by atoms with Gasteiger partial charge in [0.2, 0.25) is 0 Å². The molecule has 288 valence electrons. The second-order valence-corrected chi connectivity index (χ2v) is 18.2. The van der Waals surface area contributed by atoms with Gasteiger partial charge in [-0.15, -0.1) is 0 Å². The third kappa shape index (κ3) is 5.06. The summed E-state index contributed by atoms with van der Waals surface area (Å²) >= 11 is 0. The van der Waals surface area contributed by atoms with Crippen LogP contribution in [0.3, 0.4) is 0 Å². The fourth-order valence-corrected chi connectivity index (χ4v) is 12.6. The van der Waals surface area contributed by atoms with Crippen LogP contribution in [0.25, 0.3) is 56.2 Å². The molecule has 7 aromatic carbocycles. The summed E-state index contributed by atoms with van der Waals surface area (Å²) in [5.74, 6) is 6.72. The number of fused-ring (bicyclic) bond motifs is 9. The maximum Gasteiger partial charge on any atom is 0.163 e. The molecule has 1 aromatic heterocycles. The van der Waals surface area contributed by atoms with Gasteiger partial charge in [0, 0.05) is 27.7 Å². The van der Waals surface area contributed by atoms with Crippen LogP contribution < -0.4 is 4.74 Å². The highest BCUT2D eigenvalue weighted by atomic mass is 16.5. The lowest BCUT2D eigenvalue weighted by Gasteiger charge is -2.56. The van der Waals surface area contributed by atoms with E-state index in [9.17, 15) is 0 Å². The number of ether oxygens (including phenoxy) is 1. The van der Waals surface area contributed by atoms with Crippen molar-refractivity contribution in [1.29, 1.82) is 0 Å². The average Bonchev–Trinajstić information content (AvgIpc) is 3.59. The van der Waals surface area contributed by atoms with Crippen LogP contribution in [0.2, 0.25) is 0 Å². The molecule has 8 aromatic rings. The van der Waals surface area contributed by atoms with Gasteiger partial charge < -0.3 is 4.74 Å². The van der Waals surface area contributed by atoms with Crippen LogP contribution in [0.1, 0.15) is 66.6 Å². The van der Waals surface area contributed by atoms with E-state index in [1.807, 2.05) is 0 Å². The number of aromatic nitrogens is 3. The van der Waals surface area contributed by atoms with Gasteiger partial charge in [-0.2, -0.15) is 0 Å². The molecule has 4 fully saturated rings.